The number of piperidine rings is 2. The lowest BCUT2D eigenvalue weighted by Gasteiger charge is -2.32. The van der Waals surface area contributed by atoms with Crippen LogP contribution in [0.1, 0.15) is 49.7 Å². The summed E-state index contributed by atoms with van der Waals surface area (Å²) >= 11 is 0. The minimum Gasteiger partial charge on any atom is -0.493 e. The minimum absolute atomic E-state index is 0.112. The van der Waals surface area contributed by atoms with Crippen molar-refractivity contribution in [2.24, 2.45) is 10.2 Å². The van der Waals surface area contributed by atoms with Crippen molar-refractivity contribution in [3.63, 3.8) is 0 Å². The fourth-order valence-electron chi connectivity index (χ4n) is 5.87. The van der Waals surface area contributed by atoms with Gasteiger partial charge in [-0.25, -0.2) is 0 Å². The van der Waals surface area contributed by atoms with Crippen LogP contribution < -0.4 is 29.6 Å². The molecule has 0 spiro atoms. The van der Waals surface area contributed by atoms with E-state index in [2.05, 4.69) is 10.6 Å². The third-order valence-corrected chi connectivity index (χ3v) is 8.50. The maximum atomic E-state index is 13.2. The largest absolute Gasteiger partial charge is 0.493 e. The van der Waals surface area contributed by atoms with Crippen LogP contribution in [-0.2, 0) is 9.59 Å². The average Bonchev–Trinajstić information content (AvgIpc) is 3.13. The van der Waals surface area contributed by atoms with Gasteiger partial charge in [0.15, 0.2) is 23.0 Å². The van der Waals surface area contributed by atoms with Crippen LogP contribution in [0.25, 0.3) is 0 Å². The molecule has 0 aliphatic carbocycles. The smallest absolute Gasteiger partial charge is 0.248 e. The number of hydrazone groups is 2. The van der Waals surface area contributed by atoms with Gasteiger partial charge >= 0.3 is 0 Å². The van der Waals surface area contributed by atoms with E-state index in [0.717, 1.165) is 49.7 Å². The molecule has 3 aromatic rings. The van der Waals surface area contributed by atoms with Crippen molar-refractivity contribution in [1.82, 2.24) is 10.0 Å². The molecule has 12 nitrogen and oxygen atoms in total. The topological polar surface area (TPSA) is 126 Å². The molecule has 2 aliphatic rings. The first kappa shape index (κ1) is 34.1. The molecule has 2 fully saturated rings. The first-order chi connectivity index (χ1) is 23.4. The molecule has 254 valence electrons. The third kappa shape index (κ3) is 8.55. The minimum atomic E-state index is -0.379. The zero-order valence-electron chi connectivity index (χ0n) is 28.0. The van der Waals surface area contributed by atoms with Gasteiger partial charge in [-0.05, 0) is 73.9 Å². The van der Waals surface area contributed by atoms with E-state index in [9.17, 15) is 9.59 Å². The lowest BCUT2D eigenvalue weighted by Crippen LogP contribution is -2.44. The first-order valence-electron chi connectivity index (χ1n) is 16.2. The highest BCUT2D eigenvalue weighted by atomic mass is 16.5. The van der Waals surface area contributed by atoms with Crippen molar-refractivity contribution in [3.8, 4) is 23.0 Å². The highest BCUT2D eigenvalue weighted by molar-refractivity contribution is 5.96. The van der Waals surface area contributed by atoms with Crippen LogP contribution in [0.5, 0.6) is 23.0 Å². The van der Waals surface area contributed by atoms with Gasteiger partial charge in [0.2, 0.25) is 11.8 Å². The third-order valence-electron chi connectivity index (χ3n) is 8.50. The molecule has 2 amide bonds. The maximum Gasteiger partial charge on any atom is 0.248 e. The van der Waals surface area contributed by atoms with E-state index in [1.54, 1.807) is 77.3 Å². The van der Waals surface area contributed by atoms with E-state index in [4.69, 9.17) is 29.2 Å². The molecule has 2 heterocycles. The Morgan fingerprint density at radius 3 is 1.38 bits per heavy atom. The molecule has 0 bridgehead atoms. The second-order valence-electron chi connectivity index (χ2n) is 11.6. The van der Waals surface area contributed by atoms with Gasteiger partial charge in [0, 0.05) is 36.6 Å². The lowest BCUT2D eigenvalue weighted by atomic mass is 10.0. The summed E-state index contributed by atoms with van der Waals surface area (Å²) in [5.41, 5.74) is 3.08. The second kappa shape index (κ2) is 16.5. The van der Waals surface area contributed by atoms with Gasteiger partial charge in [-0.1, -0.05) is 24.3 Å². The predicted molar refractivity (Wildman–Crippen MR) is 187 cm³/mol. The summed E-state index contributed by atoms with van der Waals surface area (Å²) in [4.78, 5) is 26.5. The van der Waals surface area contributed by atoms with Gasteiger partial charge in [0.05, 0.1) is 40.9 Å². The number of nitrogens with zero attached hydrogens (tertiary/aromatic N) is 4. The fourth-order valence-corrected chi connectivity index (χ4v) is 5.87. The molecule has 12 heteroatoms. The number of anilines is 2. The summed E-state index contributed by atoms with van der Waals surface area (Å²) in [6.45, 7) is 1.39. The quantitative estimate of drug-likeness (QED) is 0.249. The second-order valence-corrected chi connectivity index (χ2v) is 11.6. The molecule has 2 atom stereocenters. The molecule has 48 heavy (non-hydrogen) atoms. The molecule has 2 unspecified atom stereocenters. The number of amides is 2. The highest BCUT2D eigenvalue weighted by Crippen LogP contribution is 2.31. The number of carbonyl (C=O) groups is 2. The van der Waals surface area contributed by atoms with Gasteiger partial charge in [0.1, 0.15) is 12.1 Å². The zero-order valence-corrected chi connectivity index (χ0v) is 28.0. The number of benzene rings is 3. The van der Waals surface area contributed by atoms with Gasteiger partial charge in [-0.2, -0.15) is 10.2 Å². The van der Waals surface area contributed by atoms with Crippen molar-refractivity contribution in [2.75, 3.05) is 52.2 Å². The van der Waals surface area contributed by atoms with Crippen LogP contribution in [0.15, 0.2) is 70.9 Å². The molecule has 0 saturated carbocycles. The van der Waals surface area contributed by atoms with Gasteiger partial charge in [-0.3, -0.25) is 19.6 Å². The van der Waals surface area contributed by atoms with Gasteiger partial charge in [0.25, 0.3) is 0 Å². The molecule has 2 aliphatic heterocycles. The van der Waals surface area contributed by atoms with Crippen LogP contribution in [-0.4, -0.2) is 87.9 Å². The van der Waals surface area contributed by atoms with Crippen molar-refractivity contribution in [2.45, 2.75) is 50.6 Å². The number of ether oxygens (including phenoxy) is 4. The van der Waals surface area contributed by atoms with Gasteiger partial charge in [-0.15, -0.1) is 0 Å². The Bertz CT molecular complexity index is 1490. The number of nitrogens with one attached hydrogen (secondary N) is 2. The lowest BCUT2D eigenvalue weighted by molar-refractivity contribution is -0.123. The summed E-state index contributed by atoms with van der Waals surface area (Å²) in [6.07, 6.45) is 8.85. The van der Waals surface area contributed by atoms with Crippen LogP contribution in [0, 0.1) is 0 Å². The summed E-state index contributed by atoms with van der Waals surface area (Å²) < 4.78 is 21.3. The number of carbonyl (C=O) groups excluding carboxylic acids is 2. The first-order valence-corrected chi connectivity index (χ1v) is 16.2. The van der Waals surface area contributed by atoms with Crippen molar-refractivity contribution in [1.29, 1.82) is 0 Å². The van der Waals surface area contributed by atoms with E-state index in [1.807, 2.05) is 34.3 Å². The standard InChI is InChI=1S/C36H44N6O6/c1-45-31-17-15-27(21-33(31)47-3)39-35(43)29-9-5-7-19-41(29)37-23-25-11-13-26(14-12-25)24-38-42-20-8-6-10-30(42)36(44)40-28-16-18-32(46-2)34(22-28)48-4/h11-18,21-24,29-30H,5-10,19-20H2,1-4H3,(H,39,43)(H,40,44)/b37-23+,38-24+. The molecule has 3 aromatic carbocycles. The van der Waals surface area contributed by atoms with E-state index in [1.165, 1.54) is 0 Å². The molecule has 5 rings (SSSR count). The molecular weight excluding hydrogens is 612 g/mol. The van der Waals surface area contributed by atoms with Gasteiger partial charge < -0.3 is 29.6 Å². The summed E-state index contributed by atoms with van der Waals surface area (Å²) in [6, 6.07) is 17.7. The SMILES string of the molecule is COc1ccc(NC(=O)C2CCCCN2/N=C/c2ccc(/C=N/N3CCCCC3C(=O)Nc3ccc(OC)c(OC)c3)cc2)cc1OC. The monoisotopic (exact) mass is 656 g/mol. The Labute approximate surface area is 281 Å². The molecule has 2 N–H and O–H groups in total. The molecule has 2 saturated heterocycles. The Balaban J connectivity index is 1.19. The highest BCUT2D eigenvalue weighted by Gasteiger charge is 2.29. The maximum absolute atomic E-state index is 13.2. The van der Waals surface area contributed by atoms with E-state index in [0.29, 0.717) is 47.5 Å². The fraction of sp³-hybridized carbons (Fsp3) is 0.389. The molecular formula is C36H44N6O6. The Kier molecular flexibility index (Phi) is 11.7. The van der Waals surface area contributed by atoms with E-state index < -0.39 is 0 Å². The number of hydrogen-bond acceptors (Lipinski definition) is 10. The predicted octanol–water partition coefficient (Wildman–Crippen LogP) is 5.38. The van der Waals surface area contributed by atoms with E-state index >= 15 is 0 Å². The Morgan fingerprint density at radius 2 is 1.00 bits per heavy atom. The van der Waals surface area contributed by atoms with Crippen molar-refractivity contribution < 1.29 is 28.5 Å². The summed E-state index contributed by atoms with van der Waals surface area (Å²) in [7, 11) is 6.28. The summed E-state index contributed by atoms with van der Waals surface area (Å²) in [5.74, 6) is 2.08. The van der Waals surface area contributed by atoms with Crippen LogP contribution in [0.2, 0.25) is 0 Å². The summed E-state index contributed by atoms with van der Waals surface area (Å²) in [5, 5.41) is 19.1. The molecule has 0 radical (unpaired) electrons. The van der Waals surface area contributed by atoms with E-state index in [-0.39, 0.29) is 23.9 Å². The Hall–Kier alpha value is -5.26. The zero-order chi connectivity index (χ0) is 33.9. The normalized spacial score (nSPS) is 18.1. The number of hydrogen-bond donors (Lipinski definition) is 2. The molecule has 0 aromatic heterocycles. The van der Waals surface area contributed by atoms with Crippen LogP contribution >= 0.6 is 0 Å². The number of rotatable bonds is 12. The number of methoxy groups -OCH3 is 4. The Morgan fingerprint density at radius 1 is 0.604 bits per heavy atom. The average molecular weight is 657 g/mol. The van der Waals surface area contributed by atoms with Crippen LogP contribution in [0.4, 0.5) is 11.4 Å². The van der Waals surface area contributed by atoms with Crippen molar-refractivity contribution in [3.05, 3.63) is 71.8 Å². The van der Waals surface area contributed by atoms with Crippen molar-refractivity contribution >= 4 is 35.6 Å². The van der Waals surface area contributed by atoms with Crippen LogP contribution in [0.3, 0.4) is 0 Å².